The Kier molecular flexibility index (Phi) is 4.89. The number of aromatic nitrogens is 2. The fourth-order valence-corrected chi connectivity index (χ4v) is 2.01. The van der Waals surface area contributed by atoms with Gasteiger partial charge < -0.3 is 10.4 Å². The lowest BCUT2D eigenvalue weighted by Crippen LogP contribution is -2.32. The van der Waals surface area contributed by atoms with Gasteiger partial charge in [-0.05, 0) is 18.6 Å². The lowest BCUT2D eigenvalue weighted by Gasteiger charge is -2.07. The molecule has 1 heterocycles. The first-order chi connectivity index (χ1) is 10.1. The Labute approximate surface area is 120 Å². The highest BCUT2D eigenvalue weighted by Gasteiger charge is 2.08. The van der Waals surface area contributed by atoms with Gasteiger partial charge in [0.15, 0.2) is 0 Å². The summed E-state index contributed by atoms with van der Waals surface area (Å²) in [6.07, 6.45) is 0.568. The van der Waals surface area contributed by atoms with Crippen molar-refractivity contribution in [2.45, 2.75) is 19.4 Å². The van der Waals surface area contributed by atoms with Crippen LogP contribution in [-0.4, -0.2) is 33.9 Å². The van der Waals surface area contributed by atoms with Gasteiger partial charge in [-0.1, -0.05) is 12.1 Å². The molecule has 112 valence electrons. The number of rotatable bonds is 6. The number of nitrogens with one attached hydrogen (secondary N) is 2. The second-order valence-electron chi connectivity index (χ2n) is 4.62. The Morgan fingerprint density at radius 1 is 1.24 bits per heavy atom. The van der Waals surface area contributed by atoms with E-state index in [2.05, 4.69) is 10.4 Å². The maximum atomic E-state index is 12.2. The number of aliphatic hydroxyl groups excluding tert-OH is 1. The Morgan fingerprint density at radius 3 is 2.67 bits per heavy atom. The fraction of sp³-hybridized carbons (Fsp3) is 0.357. The van der Waals surface area contributed by atoms with Crippen molar-refractivity contribution in [1.29, 1.82) is 0 Å². The van der Waals surface area contributed by atoms with Crippen LogP contribution in [0.3, 0.4) is 0 Å². The van der Waals surface area contributed by atoms with Crippen molar-refractivity contribution in [2.75, 3.05) is 13.2 Å². The van der Waals surface area contributed by atoms with Gasteiger partial charge in [0.1, 0.15) is 0 Å². The predicted molar refractivity (Wildman–Crippen MR) is 78.2 cm³/mol. The van der Waals surface area contributed by atoms with E-state index in [-0.39, 0.29) is 36.6 Å². The third-order valence-electron chi connectivity index (χ3n) is 3.10. The van der Waals surface area contributed by atoms with E-state index in [1.165, 1.54) is 0 Å². The molecule has 1 aromatic carbocycles. The van der Waals surface area contributed by atoms with E-state index in [4.69, 9.17) is 5.11 Å². The molecule has 0 radical (unpaired) electrons. The summed E-state index contributed by atoms with van der Waals surface area (Å²) in [5.74, 6) is -0.232. The van der Waals surface area contributed by atoms with Crippen molar-refractivity contribution >= 4 is 16.7 Å². The van der Waals surface area contributed by atoms with Gasteiger partial charge in [-0.15, -0.1) is 0 Å². The summed E-state index contributed by atoms with van der Waals surface area (Å²) in [5.41, 5.74) is -0.681. The lowest BCUT2D eigenvalue weighted by molar-refractivity contribution is -0.121. The van der Waals surface area contributed by atoms with Crippen LogP contribution in [0, 0.1) is 0 Å². The molecule has 1 aromatic heterocycles. The molecule has 7 heteroatoms. The number of benzene rings is 1. The van der Waals surface area contributed by atoms with Crippen LogP contribution in [0.1, 0.15) is 12.8 Å². The van der Waals surface area contributed by atoms with Gasteiger partial charge >= 0.3 is 0 Å². The molecular weight excluding hydrogens is 274 g/mol. The normalized spacial score (nSPS) is 10.7. The predicted octanol–water partition coefficient (Wildman–Crippen LogP) is -0.421. The average Bonchev–Trinajstić information content (AvgIpc) is 2.50. The zero-order chi connectivity index (χ0) is 15.2. The third kappa shape index (κ3) is 3.57. The van der Waals surface area contributed by atoms with Gasteiger partial charge in [-0.2, -0.15) is 0 Å². The highest BCUT2D eigenvalue weighted by Crippen LogP contribution is 2.02. The summed E-state index contributed by atoms with van der Waals surface area (Å²) in [6, 6.07) is 6.55. The molecule has 0 saturated heterocycles. The monoisotopic (exact) mass is 291 g/mol. The number of H-pyrrole nitrogens is 1. The van der Waals surface area contributed by atoms with Crippen molar-refractivity contribution in [3.05, 3.63) is 45.0 Å². The number of carbonyl (C=O) groups is 1. The Bertz CT molecular complexity index is 748. The van der Waals surface area contributed by atoms with Crippen LogP contribution in [0.2, 0.25) is 0 Å². The smallest absolute Gasteiger partial charge is 0.273 e. The number of fused-ring (bicyclic) bond motifs is 1. The summed E-state index contributed by atoms with van der Waals surface area (Å²) in [6.45, 7) is 0.500. The average molecular weight is 291 g/mol. The summed E-state index contributed by atoms with van der Waals surface area (Å²) < 4.78 is 1.15. The zero-order valence-electron chi connectivity index (χ0n) is 11.5. The number of hydrogen-bond acceptors (Lipinski definition) is 4. The zero-order valence-corrected chi connectivity index (χ0v) is 11.5. The van der Waals surface area contributed by atoms with Crippen LogP contribution in [0.4, 0.5) is 0 Å². The summed E-state index contributed by atoms with van der Waals surface area (Å²) >= 11 is 0. The van der Waals surface area contributed by atoms with E-state index in [1.54, 1.807) is 24.3 Å². The molecule has 0 aliphatic rings. The van der Waals surface area contributed by atoms with E-state index in [0.29, 0.717) is 23.7 Å². The molecule has 21 heavy (non-hydrogen) atoms. The first-order valence-electron chi connectivity index (χ1n) is 6.73. The van der Waals surface area contributed by atoms with E-state index in [0.717, 1.165) is 4.68 Å². The van der Waals surface area contributed by atoms with Crippen molar-refractivity contribution in [3.63, 3.8) is 0 Å². The number of amides is 1. The molecular formula is C14H17N3O4. The van der Waals surface area contributed by atoms with Crippen molar-refractivity contribution in [2.24, 2.45) is 0 Å². The van der Waals surface area contributed by atoms with Crippen molar-refractivity contribution in [3.8, 4) is 0 Å². The molecule has 3 N–H and O–H groups in total. The molecule has 0 aliphatic heterocycles. The Hall–Kier alpha value is -2.41. The minimum absolute atomic E-state index is 0.0116. The Morgan fingerprint density at radius 2 is 1.95 bits per heavy atom. The van der Waals surface area contributed by atoms with E-state index < -0.39 is 0 Å². The molecule has 2 aromatic rings. The number of aryl methyl sites for hydroxylation is 1. The molecule has 0 spiro atoms. The molecule has 0 atom stereocenters. The van der Waals surface area contributed by atoms with E-state index >= 15 is 0 Å². The highest BCUT2D eigenvalue weighted by atomic mass is 16.3. The molecule has 0 bridgehead atoms. The maximum absolute atomic E-state index is 12.2. The minimum Gasteiger partial charge on any atom is -0.396 e. The summed E-state index contributed by atoms with van der Waals surface area (Å²) in [5, 5.41) is 14.4. The molecule has 1 amide bonds. The first-order valence-corrected chi connectivity index (χ1v) is 6.73. The van der Waals surface area contributed by atoms with E-state index in [9.17, 15) is 14.4 Å². The second kappa shape index (κ2) is 6.85. The topological polar surface area (TPSA) is 104 Å². The lowest BCUT2D eigenvalue weighted by atomic mass is 10.2. The number of aliphatic hydroxyl groups is 1. The second-order valence-corrected chi connectivity index (χ2v) is 4.62. The van der Waals surface area contributed by atoms with Crippen molar-refractivity contribution in [1.82, 2.24) is 15.1 Å². The van der Waals surface area contributed by atoms with Crippen LogP contribution < -0.4 is 16.4 Å². The van der Waals surface area contributed by atoms with Gasteiger partial charge in [-0.25, -0.2) is 4.68 Å². The van der Waals surface area contributed by atoms with Gasteiger partial charge in [0.25, 0.3) is 11.1 Å². The molecule has 0 saturated carbocycles. The van der Waals surface area contributed by atoms with Crippen LogP contribution in [0.5, 0.6) is 0 Å². The molecule has 7 nitrogen and oxygen atoms in total. The third-order valence-corrected chi connectivity index (χ3v) is 3.10. The van der Waals surface area contributed by atoms with E-state index in [1.807, 2.05) is 0 Å². The van der Waals surface area contributed by atoms with Crippen LogP contribution in [0.15, 0.2) is 33.9 Å². The van der Waals surface area contributed by atoms with Gasteiger partial charge in [0.2, 0.25) is 5.91 Å². The number of carbonyl (C=O) groups excluding carboxylic acids is 1. The van der Waals surface area contributed by atoms with Crippen LogP contribution in [0.25, 0.3) is 10.8 Å². The Balaban J connectivity index is 2.13. The maximum Gasteiger partial charge on any atom is 0.273 e. The van der Waals surface area contributed by atoms with Gasteiger partial charge in [-0.3, -0.25) is 19.5 Å². The number of nitrogens with zero attached hydrogens (tertiary/aromatic N) is 1. The van der Waals surface area contributed by atoms with Gasteiger partial charge in [0, 0.05) is 19.6 Å². The largest absolute Gasteiger partial charge is 0.396 e. The number of hydrogen-bond donors (Lipinski definition) is 3. The standard InChI is InChI=1S/C14H17N3O4/c18-9-3-7-15-12(19)6-8-17-14(21)11-5-2-1-4-10(11)13(20)16-17/h1-2,4-5,18H,3,6-9H2,(H,15,19)(H,16,20). The van der Waals surface area contributed by atoms with Crippen LogP contribution in [-0.2, 0) is 11.3 Å². The quantitative estimate of drug-likeness (QED) is 0.629. The molecule has 0 unspecified atom stereocenters. The fourth-order valence-electron chi connectivity index (χ4n) is 2.01. The SMILES string of the molecule is O=C(CCn1[nH]c(=O)c2ccccc2c1=O)NCCCO. The minimum atomic E-state index is -0.356. The van der Waals surface area contributed by atoms with Gasteiger partial charge in [0.05, 0.1) is 17.3 Å². The summed E-state index contributed by atoms with van der Waals surface area (Å²) in [7, 11) is 0. The molecule has 2 rings (SSSR count). The van der Waals surface area contributed by atoms with Crippen LogP contribution >= 0.6 is 0 Å². The highest BCUT2D eigenvalue weighted by molar-refractivity contribution is 5.80. The van der Waals surface area contributed by atoms with Crippen molar-refractivity contribution < 1.29 is 9.90 Å². The number of aromatic amines is 1. The molecule has 0 aliphatic carbocycles. The summed E-state index contributed by atoms with van der Waals surface area (Å²) in [4.78, 5) is 35.6. The first kappa shape index (κ1) is 15.0. The molecule has 0 fully saturated rings.